The Balaban J connectivity index is 2.21. The molecule has 0 bridgehead atoms. The molecule has 0 heterocycles. The first-order chi connectivity index (χ1) is 9.60. The molecule has 0 saturated heterocycles. The number of rotatable bonds is 5. The molecule has 0 fully saturated rings. The third-order valence-corrected chi connectivity index (χ3v) is 3.50. The van der Waals surface area contributed by atoms with E-state index in [-0.39, 0.29) is 17.4 Å². The van der Waals surface area contributed by atoms with Gasteiger partial charge in [0.1, 0.15) is 5.75 Å². The molecular weight excluding hydrogens is 255 g/mol. The lowest BCUT2D eigenvalue weighted by molar-refractivity contribution is 0.430. The number of benzene rings is 2. The van der Waals surface area contributed by atoms with Crippen LogP contribution < -0.4 is 0 Å². The topological polar surface area (TPSA) is 40.5 Å². The lowest BCUT2D eigenvalue weighted by Crippen LogP contribution is -2.03. The predicted molar refractivity (Wildman–Crippen MR) is 77.5 cm³/mol. The molecule has 0 spiro atoms. The Bertz CT molecular complexity index is 564. The van der Waals surface area contributed by atoms with Gasteiger partial charge in [0.05, 0.1) is 0 Å². The number of hydrogen-bond donors (Lipinski definition) is 2. The number of phenolic OH excluding ortho intramolecular Hbond substituents is 2. The lowest BCUT2D eigenvalue weighted by atomic mass is 9.88. The van der Waals surface area contributed by atoms with Gasteiger partial charge in [-0.05, 0) is 54.2 Å². The van der Waals surface area contributed by atoms with Gasteiger partial charge < -0.3 is 10.2 Å². The quantitative estimate of drug-likeness (QED) is 0.850. The molecule has 3 heteroatoms. The molecule has 0 saturated carbocycles. The molecule has 2 N–H and O–H groups in total. The Hall–Kier alpha value is -2.03. The maximum atomic E-state index is 13.5. The van der Waals surface area contributed by atoms with Crippen molar-refractivity contribution >= 4 is 0 Å². The third kappa shape index (κ3) is 3.50. The van der Waals surface area contributed by atoms with E-state index in [1.807, 2.05) is 12.1 Å². The van der Waals surface area contributed by atoms with Gasteiger partial charge in [-0.25, -0.2) is 4.39 Å². The average Bonchev–Trinajstić information content (AvgIpc) is 2.44. The van der Waals surface area contributed by atoms with Crippen LogP contribution in [0.25, 0.3) is 0 Å². The molecule has 1 atom stereocenters. The van der Waals surface area contributed by atoms with E-state index in [1.54, 1.807) is 18.2 Å². The monoisotopic (exact) mass is 274 g/mol. The van der Waals surface area contributed by atoms with Crippen molar-refractivity contribution in [2.75, 3.05) is 0 Å². The summed E-state index contributed by atoms with van der Waals surface area (Å²) in [5.41, 5.74) is 2.00. The van der Waals surface area contributed by atoms with Crippen LogP contribution in [0, 0.1) is 5.82 Å². The van der Waals surface area contributed by atoms with E-state index in [2.05, 4.69) is 6.92 Å². The van der Waals surface area contributed by atoms with E-state index in [1.165, 1.54) is 12.1 Å². The highest BCUT2D eigenvalue weighted by Gasteiger charge is 2.14. The molecule has 0 radical (unpaired) electrons. The normalized spacial score (nSPS) is 12.3. The van der Waals surface area contributed by atoms with Crippen LogP contribution in [-0.2, 0) is 6.42 Å². The van der Waals surface area contributed by atoms with Gasteiger partial charge in [0.2, 0.25) is 0 Å². The second kappa shape index (κ2) is 6.42. The summed E-state index contributed by atoms with van der Waals surface area (Å²) in [5.74, 6) is -0.431. The minimum absolute atomic E-state index is 0.208. The maximum absolute atomic E-state index is 13.5. The molecule has 0 aromatic heterocycles. The molecule has 0 aliphatic carbocycles. The van der Waals surface area contributed by atoms with Gasteiger partial charge in [-0.1, -0.05) is 31.5 Å². The lowest BCUT2D eigenvalue weighted by Gasteiger charge is -2.17. The fourth-order valence-corrected chi connectivity index (χ4v) is 2.43. The van der Waals surface area contributed by atoms with E-state index in [0.29, 0.717) is 0 Å². The van der Waals surface area contributed by atoms with Crippen molar-refractivity contribution in [3.63, 3.8) is 0 Å². The Morgan fingerprint density at radius 1 is 1.05 bits per heavy atom. The van der Waals surface area contributed by atoms with Crippen LogP contribution >= 0.6 is 0 Å². The number of halogens is 1. The molecule has 0 aliphatic rings. The SMILES string of the molecule is CCCC(Cc1ccc(O)cc1)c1ccc(O)c(F)c1. The smallest absolute Gasteiger partial charge is 0.165 e. The van der Waals surface area contributed by atoms with Crippen LogP contribution in [0.3, 0.4) is 0 Å². The Morgan fingerprint density at radius 3 is 2.35 bits per heavy atom. The third-order valence-electron chi connectivity index (χ3n) is 3.50. The molecule has 2 nitrogen and oxygen atoms in total. The van der Waals surface area contributed by atoms with Crippen LogP contribution in [0.2, 0.25) is 0 Å². The van der Waals surface area contributed by atoms with Gasteiger partial charge in [0.25, 0.3) is 0 Å². The molecule has 2 rings (SSSR count). The summed E-state index contributed by atoms with van der Waals surface area (Å²) in [6.45, 7) is 2.10. The molecule has 0 aliphatic heterocycles. The largest absolute Gasteiger partial charge is 0.508 e. The molecule has 20 heavy (non-hydrogen) atoms. The minimum atomic E-state index is -0.575. The van der Waals surface area contributed by atoms with Gasteiger partial charge in [0, 0.05) is 0 Å². The first kappa shape index (κ1) is 14.4. The highest BCUT2D eigenvalue weighted by atomic mass is 19.1. The molecule has 106 valence electrons. The van der Waals surface area contributed by atoms with Crippen LogP contribution in [0.4, 0.5) is 4.39 Å². The van der Waals surface area contributed by atoms with Crippen molar-refractivity contribution in [2.45, 2.75) is 32.1 Å². The number of hydrogen-bond acceptors (Lipinski definition) is 2. The second-order valence-electron chi connectivity index (χ2n) is 5.07. The van der Waals surface area contributed by atoms with Gasteiger partial charge >= 0.3 is 0 Å². The number of aromatic hydroxyl groups is 2. The summed E-state index contributed by atoms with van der Waals surface area (Å²) < 4.78 is 13.5. The highest BCUT2D eigenvalue weighted by molar-refractivity contribution is 5.32. The van der Waals surface area contributed by atoms with Crippen LogP contribution in [0.5, 0.6) is 11.5 Å². The van der Waals surface area contributed by atoms with E-state index in [9.17, 15) is 14.6 Å². The zero-order valence-electron chi connectivity index (χ0n) is 11.5. The average molecular weight is 274 g/mol. The van der Waals surface area contributed by atoms with Gasteiger partial charge in [-0.2, -0.15) is 0 Å². The summed E-state index contributed by atoms with van der Waals surface area (Å²) in [5, 5.41) is 18.6. The summed E-state index contributed by atoms with van der Waals surface area (Å²) in [4.78, 5) is 0. The Morgan fingerprint density at radius 2 is 1.75 bits per heavy atom. The fourth-order valence-electron chi connectivity index (χ4n) is 2.43. The molecule has 2 aromatic rings. The zero-order chi connectivity index (χ0) is 14.5. The molecule has 1 unspecified atom stereocenters. The highest BCUT2D eigenvalue weighted by Crippen LogP contribution is 2.29. The van der Waals surface area contributed by atoms with E-state index in [0.717, 1.165) is 30.4 Å². The number of phenols is 2. The summed E-state index contributed by atoms with van der Waals surface area (Å²) >= 11 is 0. The van der Waals surface area contributed by atoms with Gasteiger partial charge in [-0.15, -0.1) is 0 Å². The van der Waals surface area contributed by atoms with Crippen LogP contribution in [-0.4, -0.2) is 10.2 Å². The van der Waals surface area contributed by atoms with Crippen molar-refractivity contribution in [1.82, 2.24) is 0 Å². The predicted octanol–water partition coefficient (Wildman–Crippen LogP) is 4.36. The summed E-state index contributed by atoms with van der Waals surface area (Å²) in [7, 11) is 0. The second-order valence-corrected chi connectivity index (χ2v) is 5.07. The van der Waals surface area contributed by atoms with Gasteiger partial charge in [0.15, 0.2) is 11.6 Å². The van der Waals surface area contributed by atoms with Crippen LogP contribution in [0.1, 0.15) is 36.8 Å². The van der Waals surface area contributed by atoms with E-state index >= 15 is 0 Å². The fraction of sp³-hybridized carbons (Fsp3) is 0.294. The van der Waals surface area contributed by atoms with Crippen molar-refractivity contribution in [3.8, 4) is 11.5 Å². The Labute approximate surface area is 118 Å². The first-order valence-electron chi connectivity index (χ1n) is 6.86. The first-order valence-corrected chi connectivity index (χ1v) is 6.86. The van der Waals surface area contributed by atoms with Crippen molar-refractivity contribution in [1.29, 1.82) is 0 Å². The Kier molecular flexibility index (Phi) is 4.61. The van der Waals surface area contributed by atoms with Gasteiger partial charge in [-0.3, -0.25) is 0 Å². The molecular formula is C17H19FO2. The molecule has 2 aromatic carbocycles. The van der Waals surface area contributed by atoms with E-state index in [4.69, 9.17) is 0 Å². The van der Waals surface area contributed by atoms with E-state index < -0.39 is 5.82 Å². The summed E-state index contributed by atoms with van der Waals surface area (Å²) in [6, 6.07) is 11.7. The van der Waals surface area contributed by atoms with Crippen molar-refractivity contribution in [3.05, 3.63) is 59.4 Å². The summed E-state index contributed by atoms with van der Waals surface area (Å²) in [6.07, 6.45) is 2.74. The van der Waals surface area contributed by atoms with Crippen LogP contribution in [0.15, 0.2) is 42.5 Å². The zero-order valence-corrected chi connectivity index (χ0v) is 11.5. The van der Waals surface area contributed by atoms with Crippen molar-refractivity contribution in [2.24, 2.45) is 0 Å². The molecule has 0 amide bonds. The minimum Gasteiger partial charge on any atom is -0.508 e. The maximum Gasteiger partial charge on any atom is 0.165 e. The van der Waals surface area contributed by atoms with Crippen molar-refractivity contribution < 1.29 is 14.6 Å². The standard InChI is InChI=1S/C17H19FO2/c1-2-3-13(10-12-4-7-15(19)8-5-12)14-6-9-17(20)16(18)11-14/h4-9,11,13,19-20H,2-3,10H2,1H3.